The van der Waals surface area contributed by atoms with Gasteiger partial charge in [-0.1, -0.05) is 76.3 Å². The normalized spacial score (nSPS) is 12.1. The number of nitrogens with two attached hydrogens (primary N) is 2. The summed E-state index contributed by atoms with van der Waals surface area (Å²) < 4.78 is 2.21. The summed E-state index contributed by atoms with van der Waals surface area (Å²) >= 11 is 1.88. The lowest BCUT2D eigenvalue weighted by atomic mass is 9.91. The van der Waals surface area contributed by atoms with Crippen molar-refractivity contribution in [3.05, 3.63) is 70.0 Å². The number of aromatic nitrogens is 11. The van der Waals surface area contributed by atoms with E-state index < -0.39 is 63.0 Å². The lowest BCUT2D eigenvalue weighted by Gasteiger charge is -2.15. The fourth-order valence-corrected chi connectivity index (χ4v) is 7.23. The Morgan fingerprint density at radius 3 is 1.26 bits per heavy atom. The van der Waals surface area contributed by atoms with Crippen molar-refractivity contribution in [2.45, 2.75) is 52.4 Å². The van der Waals surface area contributed by atoms with E-state index in [-0.39, 0.29) is 66.3 Å². The molecule has 0 fully saturated rings. The molecular weight excluding hydrogens is 891 g/mol. The van der Waals surface area contributed by atoms with E-state index in [2.05, 4.69) is 66.0 Å². The van der Waals surface area contributed by atoms with Crippen LogP contribution in [0.25, 0.3) is 33.0 Å². The van der Waals surface area contributed by atoms with Crippen LogP contribution in [0.1, 0.15) is 94.4 Å². The zero-order valence-electron chi connectivity index (χ0n) is 34.5. The molecule has 5 aromatic heterocycles. The maximum Gasteiger partial charge on any atom is 0.336 e. The first-order valence-corrected chi connectivity index (χ1v) is 20.1. The Morgan fingerprint density at radius 1 is 0.554 bits per heavy atom. The minimum absolute atomic E-state index is 0.0382. The fraction of sp³-hybridized carbons (Fsp3) is 0.216. The van der Waals surface area contributed by atoms with Crippen LogP contribution in [-0.2, 0) is 10.8 Å². The van der Waals surface area contributed by atoms with Crippen LogP contribution in [0.2, 0.25) is 0 Å². The smallest absolute Gasteiger partial charge is 0.336 e. The first kappa shape index (κ1) is 44.5. The summed E-state index contributed by atoms with van der Waals surface area (Å²) in [4.78, 5) is 59.0. The van der Waals surface area contributed by atoms with Gasteiger partial charge in [0.1, 0.15) is 10.0 Å². The largest absolute Gasteiger partial charge is 0.479 e. The number of carboxylic acids is 4. The molecule has 5 heterocycles. The molecule has 0 spiro atoms. The Hall–Kier alpha value is -8.53. The third-order valence-electron chi connectivity index (χ3n) is 8.94. The van der Waals surface area contributed by atoms with Crippen LogP contribution in [0.15, 0.2) is 56.9 Å². The van der Waals surface area contributed by atoms with Gasteiger partial charge < -0.3 is 37.0 Å². The standard InChI is InChI=1S/C37H33N17O9S2/c1-36(2,3)21-19(43-47-34-49-45-25(64-34)13-7-9-15(27(55)56)17(11-13)29(59)60)23(38)53(51-21)31-40-32(42-33(63)41-31)54-24(39)20(22(52-54)37(4,5)6)44-48-35-50-46-26(65-35)14-8-10-16(28(57)58)18(12-14)30(61)62/h7-12H,38-39H2,1-6H3,(H,55,56)(H,57,58)(H,59,60)(H,61,62)(H,40,41,42,63). The summed E-state index contributed by atoms with van der Waals surface area (Å²) in [6, 6.07) is 6.68. The number of rotatable bonds is 12. The van der Waals surface area contributed by atoms with Gasteiger partial charge in [-0.2, -0.15) is 34.5 Å². The maximum atomic E-state index is 11.7. The average molecular weight is 924 g/mol. The Bertz CT molecular complexity index is 2950. The lowest BCUT2D eigenvalue weighted by Crippen LogP contribution is -2.16. The fourth-order valence-electron chi connectivity index (χ4n) is 5.90. The van der Waals surface area contributed by atoms with Crippen molar-refractivity contribution in [3.63, 3.8) is 0 Å². The summed E-state index contributed by atoms with van der Waals surface area (Å²) in [6.07, 6.45) is 0. The first-order chi connectivity index (χ1) is 30.5. The minimum Gasteiger partial charge on any atom is -0.479 e. The summed E-state index contributed by atoms with van der Waals surface area (Å²) in [5.41, 5.74) is 11.5. The summed E-state index contributed by atoms with van der Waals surface area (Å²) in [7, 11) is 0. The molecular formula is C37H33N17O9S2. The number of nitrogens with zero attached hydrogens (tertiary/aromatic N) is 15. The van der Waals surface area contributed by atoms with Crippen LogP contribution >= 0.6 is 22.7 Å². The van der Waals surface area contributed by atoms with Gasteiger partial charge in [-0.15, -0.1) is 40.9 Å². The Balaban J connectivity index is 1.22. The van der Waals surface area contributed by atoms with E-state index >= 15 is 0 Å². The molecule has 0 saturated carbocycles. The van der Waals surface area contributed by atoms with Gasteiger partial charge in [-0.3, -0.25) is 0 Å². The van der Waals surface area contributed by atoms with Crippen molar-refractivity contribution in [2.24, 2.45) is 20.5 Å². The SMILES string of the molecule is CC(C)(C)c1nn(-c2nc(O)nc(-n3nc(C(C)(C)C)c(N=Nc4nnc(-c5ccc(C(=O)O)c(C(=O)O)c5)s4)c3N)n2)c(N)c1N=Nc1nnc(-c2ccc(C(=O)O)c(C(=O)O)c2)s1. The summed E-state index contributed by atoms with van der Waals surface area (Å²) in [5, 5.41) is 91.6. The predicted molar refractivity (Wildman–Crippen MR) is 229 cm³/mol. The molecule has 0 saturated heterocycles. The van der Waals surface area contributed by atoms with Gasteiger partial charge in [-0.05, 0) is 24.3 Å². The Morgan fingerprint density at radius 2 is 0.923 bits per heavy atom. The number of anilines is 2. The van der Waals surface area contributed by atoms with Crippen LogP contribution in [0, 0.1) is 0 Å². The molecule has 28 heteroatoms. The van der Waals surface area contributed by atoms with Gasteiger partial charge in [0.25, 0.3) is 22.2 Å². The number of carbonyl (C=O) groups is 4. The quantitative estimate of drug-likeness (QED) is 0.0654. The molecule has 0 atom stereocenters. The molecule has 26 nitrogen and oxygen atoms in total. The van der Waals surface area contributed by atoms with Crippen LogP contribution in [-0.4, -0.2) is 104 Å². The van der Waals surface area contributed by atoms with E-state index in [1.54, 1.807) is 0 Å². The molecule has 0 aliphatic carbocycles. The van der Waals surface area contributed by atoms with Crippen LogP contribution < -0.4 is 11.5 Å². The predicted octanol–water partition coefficient (Wildman–Crippen LogP) is 6.37. The zero-order chi connectivity index (χ0) is 47.3. The number of carboxylic acid groups (broad SMARTS) is 4. The van der Waals surface area contributed by atoms with Crippen molar-refractivity contribution in [1.29, 1.82) is 0 Å². The topological polar surface area (TPSA) is 397 Å². The van der Waals surface area contributed by atoms with E-state index in [1.165, 1.54) is 24.3 Å². The third kappa shape index (κ3) is 8.90. The molecule has 7 aromatic rings. The first-order valence-electron chi connectivity index (χ1n) is 18.5. The van der Waals surface area contributed by atoms with Gasteiger partial charge in [-0.25, -0.2) is 19.2 Å². The highest BCUT2D eigenvalue weighted by Gasteiger charge is 2.31. The second-order valence-corrected chi connectivity index (χ2v) is 17.6. The third-order valence-corrected chi connectivity index (χ3v) is 10.7. The number of azo groups is 2. The van der Waals surface area contributed by atoms with Crippen LogP contribution in [0.4, 0.5) is 33.3 Å². The van der Waals surface area contributed by atoms with Gasteiger partial charge in [0.05, 0.1) is 33.6 Å². The van der Waals surface area contributed by atoms with Crippen LogP contribution in [0.5, 0.6) is 6.01 Å². The van der Waals surface area contributed by atoms with Crippen molar-refractivity contribution >= 4 is 79.8 Å². The summed E-state index contributed by atoms with van der Waals surface area (Å²) in [5.74, 6) is -6.43. The van der Waals surface area contributed by atoms with E-state index in [0.717, 1.165) is 44.2 Å². The highest BCUT2D eigenvalue weighted by molar-refractivity contribution is 7.18. The zero-order valence-corrected chi connectivity index (χ0v) is 36.1. The van der Waals surface area contributed by atoms with Gasteiger partial charge in [0.15, 0.2) is 23.0 Å². The van der Waals surface area contributed by atoms with Crippen LogP contribution in [0.3, 0.4) is 0 Å². The average Bonchev–Trinajstić information content (AvgIpc) is 4.04. The maximum absolute atomic E-state index is 11.7. The second kappa shape index (κ2) is 16.6. The molecule has 0 aliphatic heterocycles. The van der Waals surface area contributed by atoms with E-state index in [1.807, 2.05) is 41.5 Å². The van der Waals surface area contributed by atoms with Crippen molar-refractivity contribution in [2.75, 3.05) is 11.5 Å². The highest BCUT2D eigenvalue weighted by Crippen LogP contribution is 2.41. The molecule has 0 bridgehead atoms. The molecule has 65 heavy (non-hydrogen) atoms. The van der Waals surface area contributed by atoms with E-state index in [4.69, 9.17) is 11.5 Å². The highest BCUT2D eigenvalue weighted by atomic mass is 32.1. The van der Waals surface area contributed by atoms with E-state index in [0.29, 0.717) is 11.4 Å². The number of benzene rings is 2. The summed E-state index contributed by atoms with van der Waals surface area (Å²) in [6.45, 7) is 11.0. The molecule has 0 radical (unpaired) electrons. The Kier molecular flexibility index (Phi) is 11.4. The number of hydrogen-bond acceptors (Lipinski definition) is 22. The van der Waals surface area contributed by atoms with Crippen molar-refractivity contribution in [3.8, 4) is 39.0 Å². The molecule has 0 unspecified atom stereocenters. The molecule has 9 N–H and O–H groups in total. The lowest BCUT2D eigenvalue weighted by molar-refractivity contribution is 0.0651. The number of hydrogen-bond donors (Lipinski definition) is 7. The molecule has 0 aliphatic rings. The number of nitrogen functional groups attached to an aromatic ring is 2. The Labute approximate surface area is 371 Å². The minimum atomic E-state index is -1.43. The van der Waals surface area contributed by atoms with Crippen molar-refractivity contribution in [1.82, 2.24) is 54.9 Å². The number of aromatic carboxylic acids is 4. The molecule has 332 valence electrons. The monoisotopic (exact) mass is 923 g/mol. The van der Waals surface area contributed by atoms with Crippen molar-refractivity contribution < 1.29 is 44.7 Å². The van der Waals surface area contributed by atoms with Gasteiger partial charge >= 0.3 is 29.9 Å². The van der Waals surface area contributed by atoms with Gasteiger partial charge in [0, 0.05) is 22.0 Å². The second-order valence-electron chi connectivity index (χ2n) is 15.6. The molecule has 2 aromatic carbocycles. The van der Waals surface area contributed by atoms with Gasteiger partial charge in [0.2, 0.25) is 0 Å². The number of aromatic hydroxyl groups is 1. The molecule has 0 amide bonds. The van der Waals surface area contributed by atoms with E-state index in [9.17, 15) is 44.7 Å². The molecule has 7 rings (SSSR count).